The summed E-state index contributed by atoms with van der Waals surface area (Å²) in [5.74, 6) is -0.937. The second-order valence-corrected chi connectivity index (χ2v) is 8.16. The van der Waals surface area contributed by atoms with Crippen LogP contribution in [0.5, 0.6) is 0 Å². The van der Waals surface area contributed by atoms with E-state index in [2.05, 4.69) is 0 Å². The summed E-state index contributed by atoms with van der Waals surface area (Å²) >= 11 is 11.4. The molecule has 0 bridgehead atoms. The van der Waals surface area contributed by atoms with Gasteiger partial charge in [-0.1, -0.05) is 44.0 Å². The Labute approximate surface area is 135 Å². The molecule has 1 aromatic carbocycles. The summed E-state index contributed by atoms with van der Waals surface area (Å²) < 4.78 is 40.2. The Morgan fingerprint density at radius 3 is 2.38 bits per heavy atom. The van der Waals surface area contributed by atoms with E-state index in [0.29, 0.717) is 6.54 Å². The fraction of sp³-hybridized carbons (Fsp3) is 0.538. The molecule has 4 nitrogen and oxygen atoms in total. The number of nitrogens with zero attached hydrogens (tertiary/aromatic N) is 1. The van der Waals surface area contributed by atoms with Gasteiger partial charge in [-0.05, 0) is 24.1 Å². The van der Waals surface area contributed by atoms with Crippen molar-refractivity contribution in [2.24, 2.45) is 11.1 Å². The van der Waals surface area contributed by atoms with Gasteiger partial charge in [0.25, 0.3) is 0 Å². The van der Waals surface area contributed by atoms with Crippen LogP contribution in [-0.2, 0) is 10.0 Å². The van der Waals surface area contributed by atoms with E-state index in [1.165, 1.54) is 16.4 Å². The van der Waals surface area contributed by atoms with Crippen LogP contribution in [0.4, 0.5) is 4.39 Å². The van der Waals surface area contributed by atoms with Gasteiger partial charge in [0.1, 0.15) is 4.90 Å². The Bertz CT molecular complexity index is 621. The molecule has 21 heavy (non-hydrogen) atoms. The van der Waals surface area contributed by atoms with Gasteiger partial charge in [0, 0.05) is 13.1 Å². The summed E-state index contributed by atoms with van der Waals surface area (Å²) in [5.41, 5.74) is 5.24. The van der Waals surface area contributed by atoms with Crippen molar-refractivity contribution < 1.29 is 12.8 Å². The van der Waals surface area contributed by atoms with E-state index in [4.69, 9.17) is 28.9 Å². The first-order chi connectivity index (χ1) is 9.56. The predicted molar refractivity (Wildman–Crippen MR) is 83.7 cm³/mol. The fourth-order valence-electron chi connectivity index (χ4n) is 1.76. The van der Waals surface area contributed by atoms with Crippen LogP contribution in [0.2, 0.25) is 10.0 Å². The van der Waals surface area contributed by atoms with Crippen molar-refractivity contribution in [3.05, 3.63) is 28.0 Å². The van der Waals surface area contributed by atoms with E-state index < -0.39 is 26.3 Å². The van der Waals surface area contributed by atoms with E-state index in [1.54, 1.807) is 6.92 Å². The standard InChI is InChI=1S/C13H19Cl2FN2O2S/c1-4-18(8-13(2,3)7-17)21(19,20)10-6-5-9(14)12(16)11(10)15/h5-6H,4,7-8,17H2,1-3H3. The van der Waals surface area contributed by atoms with Crippen molar-refractivity contribution >= 4 is 33.2 Å². The highest BCUT2D eigenvalue weighted by molar-refractivity contribution is 7.89. The molecule has 0 amide bonds. The van der Waals surface area contributed by atoms with Gasteiger partial charge < -0.3 is 5.73 Å². The van der Waals surface area contributed by atoms with Gasteiger partial charge in [-0.3, -0.25) is 0 Å². The Kier molecular flexibility index (Phi) is 6.03. The van der Waals surface area contributed by atoms with E-state index in [1.807, 2.05) is 13.8 Å². The maximum Gasteiger partial charge on any atom is 0.244 e. The molecule has 8 heteroatoms. The Morgan fingerprint density at radius 2 is 1.90 bits per heavy atom. The maximum absolute atomic E-state index is 13.7. The van der Waals surface area contributed by atoms with Gasteiger partial charge in [0.2, 0.25) is 10.0 Å². The molecule has 0 aromatic heterocycles. The molecule has 0 fully saturated rings. The number of benzene rings is 1. The monoisotopic (exact) mass is 356 g/mol. The molecule has 0 spiro atoms. The topological polar surface area (TPSA) is 63.4 Å². The second kappa shape index (κ2) is 6.79. The van der Waals surface area contributed by atoms with Crippen molar-refractivity contribution in [1.82, 2.24) is 4.31 Å². The third-order valence-corrected chi connectivity index (χ3v) is 5.86. The van der Waals surface area contributed by atoms with Crippen molar-refractivity contribution in [2.45, 2.75) is 25.7 Å². The van der Waals surface area contributed by atoms with Crippen LogP contribution in [0, 0.1) is 11.2 Å². The lowest BCUT2D eigenvalue weighted by atomic mass is 9.94. The maximum atomic E-state index is 13.7. The average molecular weight is 357 g/mol. The summed E-state index contributed by atoms with van der Waals surface area (Å²) in [5, 5.41) is -0.712. The predicted octanol–water partition coefficient (Wildman–Crippen LogP) is 3.13. The third-order valence-electron chi connectivity index (χ3n) is 3.13. The van der Waals surface area contributed by atoms with Crippen LogP contribution in [0.3, 0.4) is 0 Å². The minimum Gasteiger partial charge on any atom is -0.330 e. The smallest absolute Gasteiger partial charge is 0.244 e. The number of hydrogen-bond acceptors (Lipinski definition) is 3. The summed E-state index contributed by atoms with van der Waals surface area (Å²) in [6.07, 6.45) is 0. The molecule has 0 atom stereocenters. The van der Waals surface area contributed by atoms with Gasteiger partial charge in [0.15, 0.2) is 5.82 Å². The van der Waals surface area contributed by atoms with E-state index >= 15 is 0 Å². The van der Waals surface area contributed by atoms with Crippen LogP contribution in [0.25, 0.3) is 0 Å². The molecule has 1 rings (SSSR count). The number of sulfonamides is 1. The average Bonchev–Trinajstić information content (AvgIpc) is 2.41. The van der Waals surface area contributed by atoms with Gasteiger partial charge in [0.05, 0.1) is 10.0 Å². The van der Waals surface area contributed by atoms with Crippen LogP contribution in [0.1, 0.15) is 20.8 Å². The molecule has 0 aliphatic carbocycles. The number of nitrogens with two attached hydrogens (primary N) is 1. The zero-order valence-electron chi connectivity index (χ0n) is 12.2. The molecule has 0 saturated carbocycles. The SMILES string of the molecule is CCN(CC(C)(C)CN)S(=O)(=O)c1ccc(Cl)c(F)c1Cl. The Balaban J connectivity index is 3.29. The summed E-state index contributed by atoms with van der Waals surface area (Å²) in [7, 11) is -3.92. The summed E-state index contributed by atoms with van der Waals surface area (Å²) in [6.45, 7) is 6.17. The van der Waals surface area contributed by atoms with E-state index in [0.717, 1.165) is 0 Å². The molecule has 0 aliphatic rings. The third kappa shape index (κ3) is 4.07. The lowest BCUT2D eigenvalue weighted by molar-refractivity contribution is 0.273. The van der Waals surface area contributed by atoms with Gasteiger partial charge >= 0.3 is 0 Å². The second-order valence-electron chi connectivity index (χ2n) is 5.47. The van der Waals surface area contributed by atoms with Gasteiger partial charge in [-0.2, -0.15) is 4.31 Å². The normalized spacial score (nSPS) is 13.0. The highest BCUT2D eigenvalue weighted by Gasteiger charge is 2.31. The van der Waals surface area contributed by atoms with Crippen LogP contribution in [0.15, 0.2) is 17.0 Å². The molecule has 1 aromatic rings. The highest BCUT2D eigenvalue weighted by Crippen LogP contribution is 2.32. The lowest BCUT2D eigenvalue weighted by Crippen LogP contribution is -2.42. The first kappa shape index (κ1) is 18.6. The van der Waals surface area contributed by atoms with Gasteiger partial charge in [-0.15, -0.1) is 0 Å². The zero-order chi connectivity index (χ0) is 16.4. The lowest BCUT2D eigenvalue weighted by Gasteiger charge is -2.30. The summed E-state index contributed by atoms with van der Waals surface area (Å²) in [6, 6.07) is 2.39. The molecule has 2 N–H and O–H groups in total. The molecule has 0 heterocycles. The Hall–Kier alpha value is -0.400. The van der Waals surface area contributed by atoms with Crippen molar-refractivity contribution in [2.75, 3.05) is 19.6 Å². The number of rotatable bonds is 6. The van der Waals surface area contributed by atoms with E-state index in [-0.39, 0.29) is 23.0 Å². The Morgan fingerprint density at radius 1 is 1.33 bits per heavy atom. The molecule has 120 valence electrons. The van der Waals surface area contributed by atoms with Crippen molar-refractivity contribution in [3.8, 4) is 0 Å². The van der Waals surface area contributed by atoms with Crippen LogP contribution in [-0.4, -0.2) is 32.4 Å². The highest BCUT2D eigenvalue weighted by atomic mass is 35.5. The van der Waals surface area contributed by atoms with Gasteiger partial charge in [-0.25, -0.2) is 12.8 Å². The number of hydrogen-bond donors (Lipinski definition) is 1. The van der Waals surface area contributed by atoms with Crippen molar-refractivity contribution in [1.29, 1.82) is 0 Å². The van der Waals surface area contributed by atoms with Crippen molar-refractivity contribution in [3.63, 3.8) is 0 Å². The minimum absolute atomic E-state index is 0.211. The molecule has 0 saturated heterocycles. The minimum atomic E-state index is -3.92. The van der Waals surface area contributed by atoms with Crippen LogP contribution >= 0.6 is 23.2 Å². The molecular formula is C13H19Cl2FN2O2S. The quantitative estimate of drug-likeness (QED) is 0.796. The summed E-state index contributed by atoms with van der Waals surface area (Å²) in [4.78, 5) is -0.291. The fourth-order valence-corrected chi connectivity index (χ4v) is 4.11. The number of halogens is 3. The molecule has 0 unspecified atom stereocenters. The molecule has 0 aliphatic heterocycles. The largest absolute Gasteiger partial charge is 0.330 e. The molecule has 0 radical (unpaired) electrons. The van der Waals surface area contributed by atoms with Crippen LogP contribution < -0.4 is 5.73 Å². The molecular weight excluding hydrogens is 338 g/mol. The first-order valence-corrected chi connectivity index (χ1v) is 8.60. The van der Waals surface area contributed by atoms with E-state index in [9.17, 15) is 12.8 Å². The zero-order valence-corrected chi connectivity index (χ0v) is 14.5. The first-order valence-electron chi connectivity index (χ1n) is 6.40.